The fourth-order valence-electron chi connectivity index (χ4n) is 1.51. The molecule has 0 saturated carbocycles. The van der Waals surface area contributed by atoms with E-state index in [-0.39, 0.29) is 12.1 Å². The Hall–Kier alpha value is -1.25. The Kier molecular flexibility index (Phi) is 8.20. The molecular weight excluding hydrogens is 212 g/mol. The van der Waals surface area contributed by atoms with Crippen molar-refractivity contribution in [2.45, 2.75) is 39.7 Å². The number of amides is 2. The van der Waals surface area contributed by atoms with Crippen LogP contribution >= 0.6 is 0 Å². The van der Waals surface area contributed by atoms with Gasteiger partial charge in [0, 0.05) is 19.1 Å². The fraction of sp³-hybridized carbons (Fsp3) is 0.643. The number of carbonyl (C=O) groups excluding carboxylic acids is 1. The molecular formula is C14H26N2O. The van der Waals surface area contributed by atoms with Crippen LogP contribution in [0.4, 0.5) is 4.79 Å². The summed E-state index contributed by atoms with van der Waals surface area (Å²) < 4.78 is 0. The third-order valence-corrected chi connectivity index (χ3v) is 2.53. The first-order valence-corrected chi connectivity index (χ1v) is 6.28. The molecule has 2 amide bonds. The number of hydrogen-bond acceptors (Lipinski definition) is 1. The summed E-state index contributed by atoms with van der Waals surface area (Å²) in [6.07, 6.45) is 5.59. The standard InChI is InChI=1S/C14H26N2O/c1-6-10-16(11-7-2)14(17)15-13(5)9-8-12(3)4/h6-7,12-13H,1-2,8-11H2,3-5H3,(H,15,17). The predicted octanol–water partition coefficient (Wildman–Crippen LogP) is 3.19. The molecule has 1 N–H and O–H groups in total. The zero-order valence-corrected chi connectivity index (χ0v) is 11.4. The highest BCUT2D eigenvalue weighted by molar-refractivity contribution is 5.74. The topological polar surface area (TPSA) is 32.3 Å². The highest BCUT2D eigenvalue weighted by Gasteiger charge is 2.13. The third-order valence-electron chi connectivity index (χ3n) is 2.53. The van der Waals surface area contributed by atoms with Crippen molar-refractivity contribution in [3.63, 3.8) is 0 Å². The maximum absolute atomic E-state index is 11.9. The molecule has 0 aromatic rings. The fourth-order valence-corrected chi connectivity index (χ4v) is 1.51. The van der Waals surface area contributed by atoms with Crippen LogP contribution in [0.25, 0.3) is 0 Å². The lowest BCUT2D eigenvalue weighted by Gasteiger charge is -2.23. The van der Waals surface area contributed by atoms with E-state index in [4.69, 9.17) is 0 Å². The maximum atomic E-state index is 11.9. The molecule has 0 aromatic heterocycles. The van der Waals surface area contributed by atoms with Gasteiger partial charge in [0.05, 0.1) is 0 Å². The van der Waals surface area contributed by atoms with Gasteiger partial charge in [-0.1, -0.05) is 26.0 Å². The summed E-state index contributed by atoms with van der Waals surface area (Å²) in [4.78, 5) is 13.6. The minimum Gasteiger partial charge on any atom is -0.336 e. The maximum Gasteiger partial charge on any atom is 0.318 e. The zero-order valence-electron chi connectivity index (χ0n) is 11.4. The zero-order chi connectivity index (χ0) is 13.3. The summed E-state index contributed by atoms with van der Waals surface area (Å²) in [5, 5.41) is 3.00. The quantitative estimate of drug-likeness (QED) is 0.647. The molecule has 98 valence electrons. The predicted molar refractivity (Wildman–Crippen MR) is 74.0 cm³/mol. The summed E-state index contributed by atoms with van der Waals surface area (Å²) in [6, 6.07) is 0.170. The van der Waals surface area contributed by atoms with Crippen LogP contribution in [0.5, 0.6) is 0 Å². The normalized spacial score (nSPS) is 12.0. The molecule has 17 heavy (non-hydrogen) atoms. The van der Waals surface area contributed by atoms with Crippen molar-refractivity contribution in [2.24, 2.45) is 5.92 Å². The van der Waals surface area contributed by atoms with Crippen LogP contribution in [0.3, 0.4) is 0 Å². The van der Waals surface area contributed by atoms with Gasteiger partial charge in [-0.05, 0) is 25.7 Å². The van der Waals surface area contributed by atoms with Crippen molar-refractivity contribution >= 4 is 6.03 Å². The van der Waals surface area contributed by atoms with Gasteiger partial charge in [-0.15, -0.1) is 13.2 Å². The Labute approximate surface area is 106 Å². The summed E-state index contributed by atoms with van der Waals surface area (Å²) >= 11 is 0. The van der Waals surface area contributed by atoms with Crippen molar-refractivity contribution in [1.82, 2.24) is 10.2 Å². The Balaban J connectivity index is 4.09. The minimum absolute atomic E-state index is 0.0407. The molecule has 0 rings (SSSR count). The first-order chi connectivity index (χ1) is 8.01. The van der Waals surface area contributed by atoms with Crippen molar-refractivity contribution in [2.75, 3.05) is 13.1 Å². The summed E-state index contributed by atoms with van der Waals surface area (Å²) in [5.74, 6) is 0.673. The van der Waals surface area contributed by atoms with Crippen molar-refractivity contribution in [1.29, 1.82) is 0 Å². The number of nitrogens with zero attached hydrogens (tertiary/aromatic N) is 1. The molecule has 0 aromatic carbocycles. The second-order valence-corrected chi connectivity index (χ2v) is 4.80. The van der Waals surface area contributed by atoms with Crippen LogP contribution in [0, 0.1) is 5.92 Å². The van der Waals surface area contributed by atoms with E-state index in [0.717, 1.165) is 12.8 Å². The van der Waals surface area contributed by atoms with Crippen LogP contribution in [-0.4, -0.2) is 30.1 Å². The summed E-state index contributed by atoms with van der Waals surface area (Å²) in [5.41, 5.74) is 0. The van der Waals surface area contributed by atoms with Crippen molar-refractivity contribution in [3.8, 4) is 0 Å². The minimum atomic E-state index is -0.0407. The smallest absolute Gasteiger partial charge is 0.318 e. The molecule has 3 heteroatoms. The molecule has 0 aliphatic heterocycles. The average Bonchev–Trinajstić information content (AvgIpc) is 2.26. The lowest BCUT2D eigenvalue weighted by molar-refractivity contribution is 0.203. The van der Waals surface area contributed by atoms with E-state index < -0.39 is 0 Å². The molecule has 0 radical (unpaired) electrons. The second kappa shape index (κ2) is 8.85. The van der Waals surface area contributed by atoms with Crippen LogP contribution in [-0.2, 0) is 0 Å². The molecule has 0 spiro atoms. The average molecular weight is 238 g/mol. The van der Waals surface area contributed by atoms with Gasteiger partial charge in [-0.3, -0.25) is 0 Å². The highest BCUT2D eigenvalue weighted by atomic mass is 16.2. The lowest BCUT2D eigenvalue weighted by Crippen LogP contribution is -2.44. The largest absolute Gasteiger partial charge is 0.336 e. The Bertz CT molecular complexity index is 239. The van der Waals surface area contributed by atoms with Gasteiger partial charge in [0.1, 0.15) is 0 Å². The van der Waals surface area contributed by atoms with E-state index in [2.05, 4.69) is 32.3 Å². The molecule has 0 aliphatic carbocycles. The second-order valence-electron chi connectivity index (χ2n) is 4.80. The first kappa shape index (κ1) is 15.8. The van der Waals surface area contributed by atoms with Crippen molar-refractivity contribution in [3.05, 3.63) is 25.3 Å². The summed E-state index contributed by atoms with van der Waals surface area (Å²) in [7, 11) is 0. The molecule has 0 fully saturated rings. The first-order valence-electron chi connectivity index (χ1n) is 6.28. The van der Waals surface area contributed by atoms with E-state index in [9.17, 15) is 4.79 Å². The molecule has 1 atom stereocenters. The number of carbonyl (C=O) groups is 1. The van der Waals surface area contributed by atoms with E-state index >= 15 is 0 Å². The van der Waals surface area contributed by atoms with Gasteiger partial charge >= 0.3 is 6.03 Å². The third kappa shape index (κ3) is 7.61. The van der Waals surface area contributed by atoms with Crippen LogP contribution < -0.4 is 5.32 Å². The Morgan fingerprint density at radius 3 is 2.12 bits per heavy atom. The van der Waals surface area contributed by atoms with Gasteiger partial charge in [-0.25, -0.2) is 4.79 Å². The van der Waals surface area contributed by atoms with Crippen LogP contribution in [0.2, 0.25) is 0 Å². The molecule has 0 heterocycles. The monoisotopic (exact) mass is 238 g/mol. The van der Waals surface area contributed by atoms with Gasteiger partial charge in [0.2, 0.25) is 0 Å². The SMILES string of the molecule is C=CCN(CC=C)C(=O)NC(C)CCC(C)C. The van der Waals surface area contributed by atoms with Crippen molar-refractivity contribution < 1.29 is 4.79 Å². The lowest BCUT2D eigenvalue weighted by atomic mass is 10.0. The molecule has 0 bridgehead atoms. The number of rotatable bonds is 8. The van der Waals surface area contributed by atoms with Crippen LogP contribution in [0.1, 0.15) is 33.6 Å². The Morgan fingerprint density at radius 1 is 1.18 bits per heavy atom. The molecule has 3 nitrogen and oxygen atoms in total. The highest BCUT2D eigenvalue weighted by Crippen LogP contribution is 2.06. The van der Waals surface area contributed by atoms with E-state index in [1.54, 1.807) is 17.1 Å². The van der Waals surface area contributed by atoms with Gasteiger partial charge in [0.15, 0.2) is 0 Å². The van der Waals surface area contributed by atoms with Gasteiger partial charge in [0.25, 0.3) is 0 Å². The van der Waals surface area contributed by atoms with Crippen LogP contribution in [0.15, 0.2) is 25.3 Å². The molecule has 0 aliphatic rings. The molecule has 1 unspecified atom stereocenters. The number of nitrogens with one attached hydrogen (secondary N) is 1. The Morgan fingerprint density at radius 2 is 1.71 bits per heavy atom. The van der Waals surface area contributed by atoms with E-state index in [0.29, 0.717) is 19.0 Å². The van der Waals surface area contributed by atoms with E-state index in [1.165, 1.54) is 0 Å². The number of urea groups is 1. The number of hydrogen-bond donors (Lipinski definition) is 1. The van der Waals surface area contributed by atoms with Gasteiger partial charge in [-0.2, -0.15) is 0 Å². The van der Waals surface area contributed by atoms with E-state index in [1.807, 2.05) is 6.92 Å². The molecule has 0 saturated heterocycles. The summed E-state index contributed by atoms with van der Waals surface area (Å²) in [6.45, 7) is 14.8. The van der Waals surface area contributed by atoms with Gasteiger partial charge < -0.3 is 10.2 Å².